The highest BCUT2D eigenvalue weighted by atomic mass is 79.9. The van der Waals surface area contributed by atoms with Gasteiger partial charge in [0.15, 0.2) is 0 Å². The maximum atomic E-state index is 12.4. The van der Waals surface area contributed by atoms with E-state index in [2.05, 4.69) is 15.9 Å². The van der Waals surface area contributed by atoms with Crippen molar-refractivity contribution in [2.24, 2.45) is 0 Å². The van der Waals surface area contributed by atoms with E-state index < -0.39 is 0 Å². The first kappa shape index (κ1) is 14.0. The van der Waals surface area contributed by atoms with E-state index in [4.69, 9.17) is 5.11 Å². The van der Waals surface area contributed by atoms with Crippen molar-refractivity contribution in [1.82, 2.24) is 4.90 Å². The van der Waals surface area contributed by atoms with Crippen molar-refractivity contribution in [1.29, 1.82) is 0 Å². The lowest BCUT2D eigenvalue weighted by atomic mass is 9.94. The molecule has 100 valence electrons. The molecule has 1 N–H and O–H groups in total. The van der Waals surface area contributed by atoms with Crippen molar-refractivity contribution >= 4 is 33.2 Å². The predicted octanol–water partition coefficient (Wildman–Crippen LogP) is 3.28. The third-order valence-corrected chi connectivity index (χ3v) is 4.94. The molecule has 1 amide bonds. The van der Waals surface area contributed by atoms with Gasteiger partial charge in [-0.05, 0) is 34.8 Å². The highest BCUT2D eigenvalue weighted by Gasteiger charge is 2.26. The number of aliphatic hydroxyl groups is 1. The Morgan fingerprint density at radius 1 is 1.44 bits per heavy atom. The first-order valence-electron chi connectivity index (χ1n) is 6.38. The van der Waals surface area contributed by atoms with Crippen molar-refractivity contribution in [2.75, 3.05) is 13.2 Å². The zero-order chi connectivity index (χ0) is 13.0. The van der Waals surface area contributed by atoms with Crippen molar-refractivity contribution in [3.05, 3.63) is 20.8 Å². The molecular weight excluding hydrogens is 314 g/mol. The number of aliphatic hydroxyl groups excluding tert-OH is 1. The Kier molecular flexibility index (Phi) is 5.21. The van der Waals surface area contributed by atoms with E-state index in [0.717, 1.165) is 22.2 Å². The highest BCUT2D eigenvalue weighted by molar-refractivity contribution is 9.11. The highest BCUT2D eigenvalue weighted by Crippen LogP contribution is 2.26. The molecule has 1 aliphatic carbocycles. The van der Waals surface area contributed by atoms with Gasteiger partial charge in [-0.15, -0.1) is 11.3 Å². The summed E-state index contributed by atoms with van der Waals surface area (Å²) in [7, 11) is 0. The molecule has 1 heterocycles. The number of rotatable bonds is 4. The second kappa shape index (κ2) is 6.68. The number of nitrogens with zero attached hydrogens (tertiary/aromatic N) is 1. The summed E-state index contributed by atoms with van der Waals surface area (Å²) in [5.74, 6) is 0.0536. The molecule has 1 saturated carbocycles. The molecule has 1 aromatic heterocycles. The van der Waals surface area contributed by atoms with Crippen LogP contribution in [0.5, 0.6) is 0 Å². The number of amides is 1. The summed E-state index contributed by atoms with van der Waals surface area (Å²) < 4.78 is 0.971. The van der Waals surface area contributed by atoms with Gasteiger partial charge in [-0.3, -0.25) is 4.79 Å². The van der Waals surface area contributed by atoms with Crippen LogP contribution >= 0.6 is 27.3 Å². The zero-order valence-corrected chi connectivity index (χ0v) is 12.7. The summed E-state index contributed by atoms with van der Waals surface area (Å²) in [6.07, 6.45) is 5.77. The fraction of sp³-hybridized carbons (Fsp3) is 0.615. The summed E-state index contributed by atoms with van der Waals surface area (Å²) in [6, 6.07) is 2.16. The molecule has 0 aromatic carbocycles. The summed E-state index contributed by atoms with van der Waals surface area (Å²) in [6.45, 7) is 0.477. The van der Waals surface area contributed by atoms with Crippen molar-refractivity contribution in [3.8, 4) is 0 Å². The minimum Gasteiger partial charge on any atom is -0.395 e. The Labute approximate surface area is 120 Å². The molecule has 0 saturated heterocycles. The van der Waals surface area contributed by atoms with E-state index in [0.29, 0.717) is 12.6 Å². The normalized spacial score (nSPS) is 16.8. The van der Waals surface area contributed by atoms with Crippen molar-refractivity contribution in [3.63, 3.8) is 0 Å². The van der Waals surface area contributed by atoms with Gasteiger partial charge in [-0.25, -0.2) is 0 Å². The molecular formula is C13H18BrNO2S. The van der Waals surface area contributed by atoms with Gasteiger partial charge in [0.1, 0.15) is 0 Å². The number of hydrogen-bond acceptors (Lipinski definition) is 3. The van der Waals surface area contributed by atoms with E-state index in [-0.39, 0.29) is 12.5 Å². The standard InChI is InChI=1S/C13H18BrNO2S/c14-12-8-10(9-18-12)13(17)15(6-7-16)11-4-2-1-3-5-11/h8-9,11,16H,1-7H2. The number of thiophene rings is 1. The summed E-state index contributed by atoms with van der Waals surface area (Å²) in [4.78, 5) is 14.3. The number of halogens is 1. The number of carbonyl (C=O) groups is 1. The van der Waals surface area contributed by atoms with Crippen LogP contribution in [0.2, 0.25) is 0 Å². The van der Waals surface area contributed by atoms with E-state index in [1.165, 1.54) is 30.6 Å². The molecule has 1 aliphatic rings. The first-order valence-corrected chi connectivity index (χ1v) is 8.05. The van der Waals surface area contributed by atoms with Crippen LogP contribution < -0.4 is 0 Å². The van der Waals surface area contributed by atoms with Gasteiger partial charge in [-0.2, -0.15) is 0 Å². The molecule has 0 unspecified atom stereocenters. The number of carbonyl (C=O) groups excluding carboxylic acids is 1. The second-order valence-electron chi connectivity index (χ2n) is 4.65. The smallest absolute Gasteiger partial charge is 0.255 e. The lowest BCUT2D eigenvalue weighted by Crippen LogP contribution is -2.43. The molecule has 5 heteroatoms. The van der Waals surface area contributed by atoms with Gasteiger partial charge >= 0.3 is 0 Å². The van der Waals surface area contributed by atoms with Gasteiger partial charge in [0.25, 0.3) is 5.91 Å². The van der Waals surface area contributed by atoms with Crippen LogP contribution in [0.25, 0.3) is 0 Å². The van der Waals surface area contributed by atoms with E-state index in [9.17, 15) is 4.79 Å². The first-order chi connectivity index (χ1) is 8.72. The molecule has 3 nitrogen and oxygen atoms in total. The largest absolute Gasteiger partial charge is 0.395 e. The molecule has 1 aromatic rings. The van der Waals surface area contributed by atoms with Crippen LogP contribution in [0.3, 0.4) is 0 Å². The molecule has 0 bridgehead atoms. The molecule has 0 radical (unpaired) electrons. The monoisotopic (exact) mass is 331 g/mol. The maximum Gasteiger partial charge on any atom is 0.255 e. The van der Waals surface area contributed by atoms with Crippen molar-refractivity contribution in [2.45, 2.75) is 38.1 Å². The van der Waals surface area contributed by atoms with Gasteiger partial charge in [-0.1, -0.05) is 19.3 Å². The summed E-state index contributed by atoms with van der Waals surface area (Å²) >= 11 is 4.90. The third kappa shape index (κ3) is 3.33. The minimum absolute atomic E-state index is 0.0353. The van der Waals surface area contributed by atoms with Crippen molar-refractivity contribution < 1.29 is 9.90 Å². The molecule has 0 spiro atoms. The molecule has 0 aliphatic heterocycles. The van der Waals surface area contributed by atoms with Crippen LogP contribution in [-0.4, -0.2) is 35.1 Å². The van der Waals surface area contributed by atoms with Gasteiger partial charge < -0.3 is 10.0 Å². The Bertz CT molecular complexity index is 401. The number of hydrogen-bond donors (Lipinski definition) is 1. The van der Waals surface area contributed by atoms with Gasteiger partial charge in [0.05, 0.1) is 16.0 Å². The average Bonchev–Trinajstić information content (AvgIpc) is 2.83. The average molecular weight is 332 g/mol. The Morgan fingerprint density at radius 2 is 2.17 bits per heavy atom. The molecule has 0 atom stereocenters. The summed E-state index contributed by atoms with van der Waals surface area (Å²) in [5, 5.41) is 11.0. The molecule has 18 heavy (non-hydrogen) atoms. The van der Waals surface area contributed by atoms with Crippen LogP contribution in [0, 0.1) is 0 Å². The Hall–Kier alpha value is -0.390. The lowest BCUT2D eigenvalue weighted by Gasteiger charge is -2.33. The predicted molar refractivity (Wildman–Crippen MR) is 77.0 cm³/mol. The van der Waals surface area contributed by atoms with Crippen LogP contribution in [0.15, 0.2) is 15.2 Å². The molecule has 2 rings (SSSR count). The lowest BCUT2D eigenvalue weighted by molar-refractivity contribution is 0.0586. The van der Waals surface area contributed by atoms with Gasteiger partial charge in [0, 0.05) is 18.0 Å². The SMILES string of the molecule is O=C(c1csc(Br)c1)N(CCO)C1CCCCC1. The minimum atomic E-state index is 0.0353. The summed E-state index contributed by atoms with van der Waals surface area (Å²) in [5.41, 5.74) is 0.728. The van der Waals surface area contributed by atoms with E-state index >= 15 is 0 Å². The van der Waals surface area contributed by atoms with E-state index in [1.807, 2.05) is 16.3 Å². The van der Waals surface area contributed by atoms with E-state index in [1.54, 1.807) is 0 Å². The Morgan fingerprint density at radius 3 is 2.72 bits per heavy atom. The fourth-order valence-electron chi connectivity index (χ4n) is 2.54. The fourth-order valence-corrected chi connectivity index (χ4v) is 3.67. The van der Waals surface area contributed by atoms with Crippen LogP contribution in [0.1, 0.15) is 42.5 Å². The topological polar surface area (TPSA) is 40.5 Å². The maximum absolute atomic E-state index is 12.4. The van der Waals surface area contributed by atoms with Gasteiger partial charge in [0.2, 0.25) is 0 Å². The molecule has 1 fully saturated rings. The Balaban J connectivity index is 2.10. The van der Waals surface area contributed by atoms with Crippen LogP contribution in [-0.2, 0) is 0 Å². The third-order valence-electron chi connectivity index (χ3n) is 3.43. The second-order valence-corrected chi connectivity index (χ2v) is 6.94. The zero-order valence-electron chi connectivity index (χ0n) is 10.3. The quantitative estimate of drug-likeness (QED) is 0.919. The van der Waals surface area contributed by atoms with Crippen LogP contribution in [0.4, 0.5) is 0 Å².